The Kier molecular flexibility index (Phi) is 2.49. The van der Waals surface area contributed by atoms with Gasteiger partial charge in [0.25, 0.3) is 0 Å². The van der Waals surface area contributed by atoms with Gasteiger partial charge in [0.1, 0.15) is 6.10 Å². The van der Waals surface area contributed by atoms with Crippen molar-refractivity contribution in [1.82, 2.24) is 4.90 Å². The Bertz CT molecular complexity index is 866. The van der Waals surface area contributed by atoms with Crippen LogP contribution in [-0.4, -0.2) is 32.1 Å². The number of likely N-dealkylation sites (N-methyl/N-ethyl adjacent to an activating group) is 1. The van der Waals surface area contributed by atoms with Gasteiger partial charge in [-0.2, -0.15) is 0 Å². The van der Waals surface area contributed by atoms with E-state index in [-0.39, 0.29) is 5.56 Å². The van der Waals surface area contributed by atoms with Gasteiger partial charge in [-0.3, -0.25) is 0 Å². The maximum absolute atomic E-state index is 8.33. The quantitative estimate of drug-likeness (QED) is 0.799. The van der Waals surface area contributed by atoms with Crippen LogP contribution in [0.25, 0.3) is 0 Å². The summed E-state index contributed by atoms with van der Waals surface area (Å²) >= 11 is 0. The van der Waals surface area contributed by atoms with Gasteiger partial charge >= 0.3 is 0 Å². The molecule has 0 N–H and O–H groups in total. The number of hydrogen-bond acceptors (Lipinski definition) is 2. The first kappa shape index (κ1) is 6.88. The molecule has 0 aliphatic carbocycles. The summed E-state index contributed by atoms with van der Waals surface area (Å²) in [5, 5.41) is 0. The zero-order valence-electron chi connectivity index (χ0n) is 20.5. The Morgan fingerprint density at radius 1 is 1.25 bits per heavy atom. The molecule has 1 unspecified atom stereocenters. The third-order valence-corrected chi connectivity index (χ3v) is 2.71. The largest absolute Gasteiger partial charge is 0.367 e. The van der Waals surface area contributed by atoms with E-state index >= 15 is 0 Å². The zero-order chi connectivity index (χ0) is 22.1. The maximum atomic E-state index is 8.33. The number of benzene rings is 2. The molecule has 2 heteroatoms. The molecule has 0 bridgehead atoms. The van der Waals surface area contributed by atoms with Crippen LogP contribution in [0.4, 0.5) is 0 Å². The second-order valence-electron chi connectivity index (χ2n) is 4.44. The first-order chi connectivity index (χ1) is 13.3. The highest BCUT2D eigenvalue weighted by Gasteiger charge is 2.16. The lowest BCUT2D eigenvalue weighted by Gasteiger charge is -2.22. The van der Waals surface area contributed by atoms with Gasteiger partial charge in [-0.05, 0) is 37.6 Å². The molecule has 0 heterocycles. The van der Waals surface area contributed by atoms with Gasteiger partial charge in [0.05, 0.1) is 12.1 Å². The third-order valence-electron chi connectivity index (χ3n) is 2.71. The summed E-state index contributed by atoms with van der Waals surface area (Å²) in [7, 11) is 3.06. The summed E-state index contributed by atoms with van der Waals surface area (Å²) < 4.78 is 77.7. The third kappa shape index (κ3) is 3.92. The molecular weight excluding hydrogens is 246 g/mol. The van der Waals surface area contributed by atoms with Crippen molar-refractivity contribution in [1.29, 1.82) is 0 Å². The average Bonchev–Trinajstić information content (AvgIpc) is 2.63. The van der Waals surface area contributed by atoms with Gasteiger partial charge in [0, 0.05) is 13.4 Å². The Labute approximate surface area is 134 Å². The van der Waals surface area contributed by atoms with Gasteiger partial charge in [-0.1, -0.05) is 54.5 Å². The van der Waals surface area contributed by atoms with Crippen LogP contribution in [0.3, 0.4) is 0 Å². The smallest absolute Gasteiger partial charge is 0.108 e. The van der Waals surface area contributed by atoms with Gasteiger partial charge in [0.15, 0.2) is 0 Å². The highest BCUT2D eigenvalue weighted by atomic mass is 16.5. The van der Waals surface area contributed by atoms with E-state index in [1.165, 1.54) is 19.0 Å². The van der Waals surface area contributed by atoms with Crippen molar-refractivity contribution in [2.75, 3.05) is 27.2 Å². The van der Waals surface area contributed by atoms with E-state index in [9.17, 15) is 0 Å². The van der Waals surface area contributed by atoms with Gasteiger partial charge in [-0.15, -0.1) is 0 Å². The van der Waals surface area contributed by atoms with Crippen LogP contribution >= 0.6 is 0 Å². The molecule has 2 rings (SSSR count). The highest BCUT2D eigenvalue weighted by Crippen LogP contribution is 2.28. The van der Waals surface area contributed by atoms with E-state index in [0.717, 1.165) is 0 Å². The van der Waals surface area contributed by atoms with E-state index in [0.29, 0.717) is 5.56 Å². The molecule has 20 heavy (non-hydrogen) atoms. The normalized spacial score (nSPS) is 20.4. The SMILES string of the molecule is [2H]c1c([2H])c([2H])c(C([2H])([2H])[2H])c(C(OCC([2H])([2H])N(C)C)c2ccccc2)c1[2H]. The number of hydrogen-bond donors (Lipinski definition) is 0. The lowest BCUT2D eigenvalue weighted by Crippen LogP contribution is -2.20. The second kappa shape index (κ2) is 7.22. The lowest BCUT2D eigenvalue weighted by atomic mass is 9.97. The fourth-order valence-corrected chi connectivity index (χ4v) is 1.74. The monoisotopic (exact) mass is 278 g/mol. The standard InChI is InChI=1S/C18H23NO/c1-15-9-7-8-12-17(15)18(20-14-13-19(2)3)16-10-5-4-6-11-16/h4-12,18H,13-14H2,1-3H3/i1D3,7D,8D,9D,12D,13D2. The predicted molar refractivity (Wildman–Crippen MR) is 84.0 cm³/mol. The van der Waals surface area contributed by atoms with Crippen LogP contribution in [0, 0.1) is 6.85 Å². The molecule has 106 valence electrons. The Balaban J connectivity index is 2.74. The number of nitrogens with zero attached hydrogens (tertiary/aromatic N) is 1. The minimum Gasteiger partial charge on any atom is -0.367 e. The molecule has 0 aromatic heterocycles. The molecule has 0 spiro atoms. The van der Waals surface area contributed by atoms with Crippen LogP contribution in [0.2, 0.25) is 0 Å². The second-order valence-corrected chi connectivity index (χ2v) is 4.44. The van der Waals surface area contributed by atoms with Gasteiger partial charge in [0.2, 0.25) is 0 Å². The molecule has 0 saturated heterocycles. The predicted octanol–water partition coefficient (Wildman–Crippen LogP) is 3.66. The molecule has 1 atom stereocenters. The van der Waals surface area contributed by atoms with Crippen molar-refractivity contribution < 1.29 is 17.1 Å². The molecule has 2 nitrogen and oxygen atoms in total. The summed E-state index contributed by atoms with van der Waals surface area (Å²) in [5.41, 5.74) is -0.280. The summed E-state index contributed by atoms with van der Waals surface area (Å²) in [4.78, 5) is 1.31. The average molecular weight is 278 g/mol. The van der Waals surface area contributed by atoms with Gasteiger partial charge < -0.3 is 9.64 Å². The Morgan fingerprint density at radius 3 is 2.70 bits per heavy atom. The summed E-state index contributed by atoms with van der Waals surface area (Å²) in [6, 6.07) is 6.02. The van der Waals surface area contributed by atoms with E-state index < -0.39 is 55.8 Å². The first-order valence-electron chi connectivity index (χ1n) is 10.7. The van der Waals surface area contributed by atoms with Crippen molar-refractivity contribution in [3.05, 3.63) is 71.2 Å². The fourth-order valence-electron chi connectivity index (χ4n) is 1.74. The number of rotatable bonds is 6. The molecular formula is C18H23NO. The van der Waals surface area contributed by atoms with E-state index in [2.05, 4.69) is 0 Å². The van der Waals surface area contributed by atoms with Crippen LogP contribution in [0.1, 0.15) is 35.1 Å². The van der Waals surface area contributed by atoms with Crippen LogP contribution in [-0.2, 0) is 4.74 Å². The lowest BCUT2D eigenvalue weighted by molar-refractivity contribution is 0.0683. The molecule has 0 fully saturated rings. The molecule has 2 aromatic rings. The zero-order valence-corrected chi connectivity index (χ0v) is 11.5. The number of ether oxygens (including phenoxy) is 1. The van der Waals surface area contributed by atoms with E-state index in [4.69, 9.17) is 17.1 Å². The molecule has 0 aliphatic rings. The summed E-state index contributed by atoms with van der Waals surface area (Å²) in [5.74, 6) is 0. The van der Waals surface area contributed by atoms with Crippen LogP contribution < -0.4 is 0 Å². The summed E-state index contributed by atoms with van der Waals surface area (Å²) in [6.07, 6.45) is -1.19. The minimum absolute atomic E-state index is 0.211. The van der Waals surface area contributed by atoms with Crippen molar-refractivity contribution >= 4 is 0 Å². The van der Waals surface area contributed by atoms with Crippen LogP contribution in [0.15, 0.2) is 54.5 Å². The fraction of sp³-hybridized carbons (Fsp3) is 0.333. The van der Waals surface area contributed by atoms with Gasteiger partial charge in [-0.25, -0.2) is 0 Å². The molecule has 0 saturated carbocycles. The Morgan fingerprint density at radius 2 is 2.00 bits per heavy atom. The van der Waals surface area contributed by atoms with Crippen molar-refractivity contribution in [3.8, 4) is 0 Å². The van der Waals surface area contributed by atoms with Crippen molar-refractivity contribution in [3.63, 3.8) is 0 Å². The maximum Gasteiger partial charge on any atom is 0.108 e. The first-order valence-corrected chi connectivity index (χ1v) is 6.23. The topological polar surface area (TPSA) is 12.5 Å². The van der Waals surface area contributed by atoms with Crippen molar-refractivity contribution in [2.45, 2.75) is 13.0 Å². The summed E-state index contributed by atoms with van der Waals surface area (Å²) in [6.45, 7) is -5.14. The Hall–Kier alpha value is -1.64. The molecule has 0 aliphatic heterocycles. The van der Waals surface area contributed by atoms with E-state index in [1.807, 2.05) is 0 Å². The molecule has 0 radical (unpaired) electrons. The molecule has 0 amide bonds. The minimum atomic E-state index is -2.82. The van der Waals surface area contributed by atoms with Crippen LogP contribution in [0.5, 0.6) is 0 Å². The van der Waals surface area contributed by atoms with Crippen molar-refractivity contribution in [2.24, 2.45) is 0 Å². The molecule has 2 aromatic carbocycles. The van der Waals surface area contributed by atoms with E-state index in [1.54, 1.807) is 30.3 Å². The highest BCUT2D eigenvalue weighted by molar-refractivity contribution is 5.35.